The van der Waals surface area contributed by atoms with E-state index in [2.05, 4.69) is 17.4 Å². The maximum atomic E-state index is 12.1. The van der Waals surface area contributed by atoms with Crippen LogP contribution in [0.5, 0.6) is 0 Å². The minimum Gasteiger partial charge on any atom is -0.459 e. The van der Waals surface area contributed by atoms with Gasteiger partial charge in [0.1, 0.15) is 6.10 Å². The van der Waals surface area contributed by atoms with Crippen LogP contribution in [0.4, 0.5) is 4.79 Å². The third-order valence-corrected chi connectivity index (χ3v) is 5.80. The lowest BCUT2D eigenvalue weighted by Gasteiger charge is -2.43. The quantitative estimate of drug-likeness (QED) is 0.559. The maximum absolute atomic E-state index is 12.1. The number of benzene rings is 1. The molecule has 3 rings (SSSR count). The Bertz CT molecular complexity index is 734. The molecule has 4 atom stereocenters. The molecule has 6 nitrogen and oxygen atoms in total. The van der Waals surface area contributed by atoms with Gasteiger partial charge in [-0.15, -0.1) is 0 Å². The lowest BCUT2D eigenvalue weighted by atomic mass is 9.91. The lowest BCUT2D eigenvalue weighted by molar-refractivity contribution is -0.283. The van der Waals surface area contributed by atoms with Gasteiger partial charge in [0.2, 0.25) is 0 Å². The molecule has 0 aliphatic carbocycles. The van der Waals surface area contributed by atoms with Crippen LogP contribution in [-0.4, -0.2) is 46.1 Å². The molecular formula is C21H27NO5S. The van der Waals surface area contributed by atoms with E-state index in [0.29, 0.717) is 18.6 Å². The number of ether oxygens (including phenoxy) is 2. The monoisotopic (exact) mass is 405 g/mol. The van der Waals surface area contributed by atoms with Gasteiger partial charge in [-0.05, 0) is 32.3 Å². The molecule has 0 bridgehead atoms. The van der Waals surface area contributed by atoms with Crippen molar-refractivity contribution in [2.45, 2.75) is 63.6 Å². The van der Waals surface area contributed by atoms with Gasteiger partial charge in [0, 0.05) is 24.7 Å². The van der Waals surface area contributed by atoms with E-state index in [4.69, 9.17) is 9.47 Å². The molecule has 0 saturated carbocycles. The normalized spacial score (nSPS) is 29.8. The standard InChI is InChI=1S/C21H27NO5S/c1-14(2)10-19(23)26-17-11-16(9-8-15-6-4-3-5-7-15)27-21(25,12-17)18-13-28-20(24)22-18/h3-7,10,16-18,25H,8-9,11-13H2,1-2H3,(H,22,24)/t16-,17?,18+,21-/m1/s1. The molecule has 1 unspecified atom stereocenters. The van der Waals surface area contributed by atoms with Gasteiger partial charge in [-0.25, -0.2) is 4.79 Å². The SMILES string of the molecule is CC(C)=CC(=O)OC1C[C@@H](CCc2ccccc2)O[C@@](O)([C@@H]2CSC(=O)N2)C1. The highest BCUT2D eigenvalue weighted by molar-refractivity contribution is 8.14. The third-order valence-electron chi connectivity index (χ3n) is 4.92. The molecule has 152 valence electrons. The summed E-state index contributed by atoms with van der Waals surface area (Å²) in [7, 11) is 0. The van der Waals surface area contributed by atoms with Crippen LogP contribution >= 0.6 is 11.8 Å². The first kappa shape index (κ1) is 20.9. The molecule has 2 heterocycles. The molecule has 1 amide bonds. The zero-order valence-corrected chi connectivity index (χ0v) is 17.0. The molecule has 0 radical (unpaired) electrons. The van der Waals surface area contributed by atoms with Gasteiger partial charge in [0.25, 0.3) is 5.24 Å². The number of carbonyl (C=O) groups is 2. The zero-order valence-electron chi connectivity index (χ0n) is 16.2. The van der Waals surface area contributed by atoms with Gasteiger partial charge in [0.05, 0.1) is 12.1 Å². The first-order chi connectivity index (χ1) is 13.3. The van der Waals surface area contributed by atoms with Crippen LogP contribution in [0.25, 0.3) is 0 Å². The second-order valence-corrected chi connectivity index (χ2v) is 8.62. The van der Waals surface area contributed by atoms with Crippen LogP contribution in [0.1, 0.15) is 38.7 Å². The summed E-state index contributed by atoms with van der Waals surface area (Å²) >= 11 is 1.13. The summed E-state index contributed by atoms with van der Waals surface area (Å²) in [5.41, 5.74) is 2.04. The van der Waals surface area contributed by atoms with Crippen molar-refractivity contribution in [3.63, 3.8) is 0 Å². The first-order valence-electron chi connectivity index (χ1n) is 9.57. The Morgan fingerprint density at radius 3 is 2.79 bits per heavy atom. The number of esters is 1. The predicted molar refractivity (Wildman–Crippen MR) is 108 cm³/mol. The number of hydrogen-bond acceptors (Lipinski definition) is 6. The fraction of sp³-hybridized carbons (Fsp3) is 0.524. The fourth-order valence-corrected chi connectivity index (χ4v) is 4.50. The van der Waals surface area contributed by atoms with Gasteiger partial charge >= 0.3 is 5.97 Å². The number of aliphatic hydroxyl groups is 1. The molecule has 7 heteroatoms. The highest BCUT2D eigenvalue weighted by atomic mass is 32.2. The lowest BCUT2D eigenvalue weighted by Crippen LogP contribution is -2.58. The Kier molecular flexibility index (Phi) is 6.80. The first-order valence-corrected chi connectivity index (χ1v) is 10.6. The van der Waals surface area contributed by atoms with Crippen molar-refractivity contribution >= 4 is 23.0 Å². The average Bonchev–Trinajstić information content (AvgIpc) is 3.07. The largest absolute Gasteiger partial charge is 0.459 e. The Hall–Kier alpha value is -1.83. The summed E-state index contributed by atoms with van der Waals surface area (Å²) < 4.78 is 11.6. The number of carbonyl (C=O) groups excluding carboxylic acids is 2. The Labute approximate surface area is 169 Å². The molecule has 2 fully saturated rings. The van der Waals surface area contributed by atoms with Gasteiger partial charge in [-0.1, -0.05) is 47.7 Å². The molecule has 2 aliphatic heterocycles. The van der Waals surface area contributed by atoms with Crippen molar-refractivity contribution < 1.29 is 24.2 Å². The number of aryl methyl sites for hydroxylation is 1. The second kappa shape index (κ2) is 9.11. The van der Waals surface area contributed by atoms with Gasteiger partial charge < -0.3 is 19.9 Å². The number of amides is 1. The van der Waals surface area contributed by atoms with Crippen LogP contribution in [0.2, 0.25) is 0 Å². The smallest absolute Gasteiger partial charge is 0.330 e. The van der Waals surface area contributed by atoms with Gasteiger partial charge in [-0.2, -0.15) is 0 Å². The molecule has 2 N–H and O–H groups in total. The van der Waals surface area contributed by atoms with Crippen LogP contribution in [0.3, 0.4) is 0 Å². The minimum absolute atomic E-state index is 0.142. The van der Waals surface area contributed by atoms with Crippen molar-refractivity contribution in [1.82, 2.24) is 5.32 Å². The van der Waals surface area contributed by atoms with E-state index in [1.165, 1.54) is 11.6 Å². The summed E-state index contributed by atoms with van der Waals surface area (Å²) in [5.74, 6) is -1.54. The van der Waals surface area contributed by atoms with E-state index >= 15 is 0 Å². The molecule has 2 aliphatic rings. The fourth-order valence-electron chi connectivity index (χ4n) is 3.61. The average molecular weight is 406 g/mol. The molecule has 2 saturated heterocycles. The number of allylic oxidation sites excluding steroid dienone is 1. The molecule has 1 aromatic rings. The number of nitrogens with one attached hydrogen (secondary N) is 1. The van der Waals surface area contributed by atoms with Crippen molar-refractivity contribution in [3.05, 3.63) is 47.5 Å². The van der Waals surface area contributed by atoms with Crippen LogP contribution in [0.15, 0.2) is 42.0 Å². The van der Waals surface area contributed by atoms with Gasteiger partial charge in [0.15, 0.2) is 5.79 Å². The van der Waals surface area contributed by atoms with E-state index in [1.54, 1.807) is 0 Å². The summed E-state index contributed by atoms with van der Waals surface area (Å²) in [5, 5.41) is 13.8. The summed E-state index contributed by atoms with van der Waals surface area (Å²) in [6, 6.07) is 9.53. The highest BCUT2D eigenvalue weighted by Gasteiger charge is 2.49. The minimum atomic E-state index is -1.55. The van der Waals surface area contributed by atoms with Crippen LogP contribution in [-0.2, 0) is 20.7 Å². The molecule has 0 aromatic heterocycles. The van der Waals surface area contributed by atoms with E-state index < -0.39 is 23.9 Å². The Morgan fingerprint density at radius 2 is 2.14 bits per heavy atom. The molecule has 0 spiro atoms. The van der Waals surface area contributed by atoms with Crippen molar-refractivity contribution in [2.75, 3.05) is 5.75 Å². The van der Waals surface area contributed by atoms with Crippen LogP contribution < -0.4 is 5.32 Å². The van der Waals surface area contributed by atoms with Crippen molar-refractivity contribution in [2.24, 2.45) is 0 Å². The number of rotatable bonds is 6. The van der Waals surface area contributed by atoms with Crippen LogP contribution in [0, 0.1) is 0 Å². The highest BCUT2D eigenvalue weighted by Crippen LogP contribution is 2.36. The number of thioether (sulfide) groups is 1. The van der Waals surface area contributed by atoms with Gasteiger partial charge in [-0.3, -0.25) is 4.79 Å². The Balaban J connectivity index is 1.70. The Morgan fingerprint density at radius 1 is 1.39 bits per heavy atom. The van der Waals surface area contributed by atoms with E-state index in [0.717, 1.165) is 23.8 Å². The van der Waals surface area contributed by atoms with E-state index in [-0.39, 0.29) is 17.8 Å². The van der Waals surface area contributed by atoms with Crippen molar-refractivity contribution in [1.29, 1.82) is 0 Å². The molecule has 28 heavy (non-hydrogen) atoms. The zero-order chi connectivity index (χ0) is 20.1. The van der Waals surface area contributed by atoms with E-state index in [9.17, 15) is 14.7 Å². The number of hydrogen-bond donors (Lipinski definition) is 2. The molecular weight excluding hydrogens is 378 g/mol. The predicted octanol–water partition coefficient (Wildman–Crippen LogP) is 3.19. The summed E-state index contributed by atoms with van der Waals surface area (Å²) in [6.45, 7) is 3.66. The topological polar surface area (TPSA) is 84.9 Å². The van der Waals surface area contributed by atoms with Crippen molar-refractivity contribution in [3.8, 4) is 0 Å². The second-order valence-electron chi connectivity index (χ2n) is 7.62. The summed E-state index contributed by atoms with van der Waals surface area (Å²) in [4.78, 5) is 23.7. The van der Waals surface area contributed by atoms with E-state index in [1.807, 2.05) is 32.0 Å². The summed E-state index contributed by atoms with van der Waals surface area (Å²) in [6.07, 6.45) is 2.85. The molecule has 1 aromatic carbocycles. The third kappa shape index (κ3) is 5.59. The maximum Gasteiger partial charge on any atom is 0.330 e.